The highest BCUT2D eigenvalue weighted by molar-refractivity contribution is 5.91. The molecule has 0 aliphatic rings. The summed E-state index contributed by atoms with van der Waals surface area (Å²) in [5, 5.41) is 4.19. The molecular formula is C8H7FN2O. The highest BCUT2D eigenvalue weighted by atomic mass is 19.1. The highest BCUT2D eigenvalue weighted by Gasteiger charge is 2.11. The molecule has 0 unspecified atom stereocenters. The van der Waals surface area contributed by atoms with Crippen molar-refractivity contribution in [2.45, 2.75) is 6.92 Å². The molecule has 2 N–H and O–H groups in total. The smallest absolute Gasteiger partial charge is 0.204 e. The number of benzene rings is 1. The fraction of sp³-hybridized carbons (Fsp3) is 0.125. The van der Waals surface area contributed by atoms with E-state index in [2.05, 4.69) is 5.16 Å². The second-order valence-corrected chi connectivity index (χ2v) is 2.61. The van der Waals surface area contributed by atoms with E-state index in [1.807, 2.05) is 0 Å². The Morgan fingerprint density at radius 3 is 2.92 bits per heavy atom. The fourth-order valence-electron chi connectivity index (χ4n) is 1.19. The van der Waals surface area contributed by atoms with Crippen LogP contribution < -0.4 is 5.73 Å². The summed E-state index contributed by atoms with van der Waals surface area (Å²) in [6.07, 6.45) is 0. The number of nitrogens with two attached hydrogens (primary N) is 1. The van der Waals surface area contributed by atoms with E-state index in [0.717, 1.165) is 0 Å². The van der Waals surface area contributed by atoms with E-state index < -0.39 is 5.82 Å². The van der Waals surface area contributed by atoms with Crippen molar-refractivity contribution in [3.8, 4) is 0 Å². The van der Waals surface area contributed by atoms with E-state index in [1.54, 1.807) is 6.92 Å². The van der Waals surface area contributed by atoms with Crippen LogP contribution in [0.15, 0.2) is 16.7 Å². The molecule has 2 rings (SSSR count). The third-order valence-corrected chi connectivity index (χ3v) is 1.78. The van der Waals surface area contributed by atoms with Gasteiger partial charge in [-0.25, -0.2) is 4.39 Å². The molecule has 1 aromatic heterocycles. The molecule has 3 nitrogen and oxygen atoms in total. The lowest BCUT2D eigenvalue weighted by Gasteiger charge is -1.94. The van der Waals surface area contributed by atoms with Crippen molar-refractivity contribution in [1.82, 2.24) is 5.16 Å². The number of nitrogens with zero attached hydrogens (tertiary/aromatic N) is 1. The maximum Gasteiger partial charge on any atom is 0.204 e. The summed E-state index contributed by atoms with van der Waals surface area (Å²) >= 11 is 0. The van der Waals surface area contributed by atoms with E-state index in [9.17, 15) is 4.39 Å². The first-order chi connectivity index (χ1) is 5.70. The Bertz CT molecular complexity index is 436. The highest BCUT2D eigenvalue weighted by Crippen LogP contribution is 2.26. The number of hydrogen-bond acceptors (Lipinski definition) is 3. The lowest BCUT2D eigenvalue weighted by Crippen LogP contribution is -1.87. The van der Waals surface area contributed by atoms with E-state index in [1.165, 1.54) is 12.1 Å². The topological polar surface area (TPSA) is 52.0 Å². The second-order valence-electron chi connectivity index (χ2n) is 2.61. The molecule has 0 aliphatic heterocycles. The maximum absolute atomic E-state index is 13.0. The van der Waals surface area contributed by atoms with Crippen LogP contribution in [0.1, 0.15) is 5.69 Å². The predicted octanol–water partition coefficient (Wildman–Crippen LogP) is 1.86. The van der Waals surface area contributed by atoms with Crippen LogP contribution in [0.2, 0.25) is 0 Å². The van der Waals surface area contributed by atoms with Gasteiger partial charge in [0, 0.05) is 5.69 Å². The normalized spacial score (nSPS) is 10.8. The Morgan fingerprint density at radius 1 is 1.50 bits per heavy atom. The molecule has 1 heterocycles. The van der Waals surface area contributed by atoms with Crippen LogP contribution in [0.25, 0.3) is 11.0 Å². The second kappa shape index (κ2) is 2.20. The number of anilines is 1. The Kier molecular flexibility index (Phi) is 1.30. The predicted molar refractivity (Wildman–Crippen MR) is 43.1 cm³/mol. The summed E-state index contributed by atoms with van der Waals surface area (Å²) in [5.41, 5.74) is 6.84. The summed E-state index contributed by atoms with van der Waals surface area (Å²) in [6, 6.07) is 2.77. The van der Waals surface area contributed by atoms with Crippen LogP contribution in [0.3, 0.4) is 0 Å². The Labute approximate surface area is 67.9 Å². The van der Waals surface area contributed by atoms with Crippen LogP contribution in [0.5, 0.6) is 0 Å². The van der Waals surface area contributed by atoms with Gasteiger partial charge in [-0.1, -0.05) is 5.16 Å². The van der Waals surface area contributed by atoms with Crippen molar-refractivity contribution >= 4 is 16.7 Å². The van der Waals surface area contributed by atoms with Gasteiger partial charge < -0.3 is 10.3 Å². The van der Waals surface area contributed by atoms with Crippen LogP contribution in [-0.4, -0.2) is 5.16 Å². The van der Waals surface area contributed by atoms with E-state index in [0.29, 0.717) is 16.8 Å². The van der Waals surface area contributed by atoms with E-state index >= 15 is 0 Å². The summed E-state index contributed by atoms with van der Waals surface area (Å²) < 4.78 is 17.7. The van der Waals surface area contributed by atoms with Gasteiger partial charge in [0.05, 0.1) is 11.1 Å². The number of halogens is 1. The van der Waals surface area contributed by atoms with Crippen molar-refractivity contribution < 1.29 is 8.91 Å². The zero-order chi connectivity index (χ0) is 8.72. The minimum atomic E-state index is -0.431. The number of hydrogen-bond donors (Lipinski definition) is 1. The van der Waals surface area contributed by atoms with Crippen LogP contribution in [0, 0.1) is 12.7 Å². The molecule has 0 saturated heterocycles. The molecule has 4 heteroatoms. The molecule has 0 amide bonds. The summed E-state index contributed by atoms with van der Waals surface area (Å²) in [6.45, 7) is 1.72. The van der Waals surface area contributed by atoms with Gasteiger partial charge in [0.15, 0.2) is 5.82 Å². The SMILES string of the molecule is Cc1noc2c(F)ccc(N)c12. The molecule has 12 heavy (non-hydrogen) atoms. The molecule has 0 fully saturated rings. The number of fused-ring (bicyclic) bond motifs is 1. The molecule has 0 radical (unpaired) electrons. The zero-order valence-electron chi connectivity index (χ0n) is 6.47. The number of rotatable bonds is 0. The van der Waals surface area contributed by atoms with E-state index in [4.69, 9.17) is 10.3 Å². The molecule has 62 valence electrons. The van der Waals surface area contributed by atoms with Crippen molar-refractivity contribution in [3.63, 3.8) is 0 Å². The Hall–Kier alpha value is -1.58. The van der Waals surface area contributed by atoms with Gasteiger partial charge in [-0.3, -0.25) is 0 Å². The van der Waals surface area contributed by atoms with Gasteiger partial charge in [-0.05, 0) is 19.1 Å². The lowest BCUT2D eigenvalue weighted by molar-refractivity contribution is 0.435. The van der Waals surface area contributed by atoms with Crippen molar-refractivity contribution in [1.29, 1.82) is 0 Å². The van der Waals surface area contributed by atoms with Crippen molar-refractivity contribution in [2.75, 3.05) is 5.73 Å². The number of aromatic nitrogens is 1. The standard InChI is InChI=1S/C8H7FN2O/c1-4-7-6(10)3-2-5(9)8(7)12-11-4/h2-3H,10H2,1H3. The molecular weight excluding hydrogens is 159 g/mol. The summed E-state index contributed by atoms with van der Waals surface area (Å²) in [4.78, 5) is 0. The fourth-order valence-corrected chi connectivity index (χ4v) is 1.19. The monoisotopic (exact) mass is 166 g/mol. The van der Waals surface area contributed by atoms with Crippen molar-refractivity contribution in [2.24, 2.45) is 0 Å². The minimum absolute atomic E-state index is 0.132. The molecule has 0 spiro atoms. The van der Waals surface area contributed by atoms with Crippen molar-refractivity contribution in [3.05, 3.63) is 23.6 Å². The first kappa shape index (κ1) is 7.09. The summed E-state index contributed by atoms with van der Waals surface area (Å²) in [7, 11) is 0. The maximum atomic E-state index is 13.0. The van der Waals surface area contributed by atoms with Gasteiger partial charge in [-0.15, -0.1) is 0 Å². The largest absolute Gasteiger partial charge is 0.398 e. The molecule has 0 saturated carbocycles. The minimum Gasteiger partial charge on any atom is -0.398 e. The molecule has 0 bridgehead atoms. The van der Waals surface area contributed by atoms with Gasteiger partial charge in [0.25, 0.3) is 0 Å². The first-order valence-corrected chi connectivity index (χ1v) is 3.50. The molecule has 1 aromatic carbocycles. The third kappa shape index (κ3) is 0.777. The summed E-state index contributed by atoms with van der Waals surface area (Å²) in [5.74, 6) is -0.431. The Balaban J connectivity index is 2.98. The number of aryl methyl sites for hydroxylation is 1. The van der Waals surface area contributed by atoms with Gasteiger partial charge in [-0.2, -0.15) is 0 Å². The molecule has 2 aromatic rings. The quantitative estimate of drug-likeness (QED) is 0.607. The average Bonchev–Trinajstić information content (AvgIpc) is 2.42. The third-order valence-electron chi connectivity index (χ3n) is 1.78. The van der Waals surface area contributed by atoms with Crippen LogP contribution in [-0.2, 0) is 0 Å². The lowest BCUT2D eigenvalue weighted by atomic mass is 10.2. The first-order valence-electron chi connectivity index (χ1n) is 3.50. The average molecular weight is 166 g/mol. The molecule has 0 aliphatic carbocycles. The van der Waals surface area contributed by atoms with Crippen LogP contribution >= 0.6 is 0 Å². The van der Waals surface area contributed by atoms with Crippen LogP contribution in [0.4, 0.5) is 10.1 Å². The molecule has 0 atom stereocenters. The zero-order valence-corrected chi connectivity index (χ0v) is 6.47. The van der Waals surface area contributed by atoms with Gasteiger partial charge in [0.1, 0.15) is 0 Å². The van der Waals surface area contributed by atoms with Gasteiger partial charge in [0.2, 0.25) is 5.58 Å². The number of nitrogen functional groups attached to an aromatic ring is 1. The Morgan fingerprint density at radius 2 is 2.25 bits per heavy atom. The van der Waals surface area contributed by atoms with E-state index in [-0.39, 0.29) is 5.58 Å². The van der Waals surface area contributed by atoms with Gasteiger partial charge >= 0.3 is 0 Å².